The van der Waals surface area contributed by atoms with Crippen molar-refractivity contribution < 1.29 is 9.21 Å². The first-order valence-corrected chi connectivity index (χ1v) is 9.20. The van der Waals surface area contributed by atoms with Gasteiger partial charge >= 0.3 is 0 Å². The Bertz CT molecular complexity index is 1210. The molecule has 0 bridgehead atoms. The predicted molar refractivity (Wildman–Crippen MR) is 109 cm³/mol. The summed E-state index contributed by atoms with van der Waals surface area (Å²) in [6.07, 6.45) is 1.48. The van der Waals surface area contributed by atoms with Crippen LogP contribution in [0.3, 0.4) is 0 Å². The SMILES string of the molecule is CCn1c(NNC(=O)Cc2coc(-c3ccccc3)n2)nc2ccccc2c1=O. The van der Waals surface area contributed by atoms with Crippen LogP contribution in [0.4, 0.5) is 5.95 Å². The van der Waals surface area contributed by atoms with E-state index in [9.17, 15) is 9.59 Å². The van der Waals surface area contributed by atoms with Gasteiger partial charge in [0.05, 0.1) is 23.0 Å². The summed E-state index contributed by atoms with van der Waals surface area (Å²) in [7, 11) is 0. The van der Waals surface area contributed by atoms with Gasteiger partial charge in [0.2, 0.25) is 17.7 Å². The Labute approximate surface area is 166 Å². The lowest BCUT2D eigenvalue weighted by molar-refractivity contribution is -0.120. The van der Waals surface area contributed by atoms with Crippen LogP contribution in [0.5, 0.6) is 0 Å². The van der Waals surface area contributed by atoms with Crippen LogP contribution in [0.15, 0.2) is 70.1 Å². The molecule has 0 aliphatic carbocycles. The molecule has 0 atom stereocenters. The number of benzene rings is 2. The second-order valence-electron chi connectivity index (χ2n) is 6.36. The van der Waals surface area contributed by atoms with E-state index in [-0.39, 0.29) is 23.8 Å². The molecule has 0 radical (unpaired) electrons. The molecular weight excluding hydrogens is 370 g/mol. The number of nitrogens with one attached hydrogen (secondary N) is 2. The number of hydrazine groups is 1. The molecule has 0 unspecified atom stereocenters. The van der Waals surface area contributed by atoms with Crippen LogP contribution in [-0.4, -0.2) is 20.4 Å². The Kier molecular flexibility index (Phi) is 5.07. The van der Waals surface area contributed by atoms with Crippen LogP contribution in [-0.2, 0) is 17.8 Å². The van der Waals surface area contributed by atoms with E-state index in [2.05, 4.69) is 20.8 Å². The van der Waals surface area contributed by atoms with E-state index in [4.69, 9.17) is 4.42 Å². The number of hydrogen-bond donors (Lipinski definition) is 2. The van der Waals surface area contributed by atoms with E-state index in [0.29, 0.717) is 29.0 Å². The number of nitrogens with zero attached hydrogens (tertiary/aromatic N) is 3. The minimum atomic E-state index is -0.331. The number of hydrogen-bond acceptors (Lipinski definition) is 6. The highest BCUT2D eigenvalue weighted by molar-refractivity contribution is 5.81. The molecule has 0 spiro atoms. The number of anilines is 1. The number of carbonyl (C=O) groups excluding carboxylic acids is 1. The number of carbonyl (C=O) groups is 1. The molecule has 1 amide bonds. The fourth-order valence-corrected chi connectivity index (χ4v) is 2.99. The second-order valence-corrected chi connectivity index (χ2v) is 6.36. The van der Waals surface area contributed by atoms with Crippen molar-refractivity contribution in [3.63, 3.8) is 0 Å². The van der Waals surface area contributed by atoms with Crippen molar-refractivity contribution in [3.8, 4) is 11.5 Å². The molecule has 2 aromatic carbocycles. The summed E-state index contributed by atoms with van der Waals surface area (Å²) in [5.41, 5.74) is 7.05. The molecule has 8 nitrogen and oxygen atoms in total. The Balaban J connectivity index is 1.46. The zero-order valence-electron chi connectivity index (χ0n) is 15.8. The van der Waals surface area contributed by atoms with Crippen LogP contribution >= 0.6 is 0 Å². The van der Waals surface area contributed by atoms with E-state index in [1.807, 2.05) is 43.3 Å². The van der Waals surface area contributed by atoms with Gasteiger partial charge in [0.1, 0.15) is 6.26 Å². The third-order valence-electron chi connectivity index (χ3n) is 4.41. The maximum atomic E-state index is 12.6. The van der Waals surface area contributed by atoms with Gasteiger partial charge in [-0.3, -0.25) is 25.0 Å². The monoisotopic (exact) mass is 389 g/mol. The largest absolute Gasteiger partial charge is 0.444 e. The first kappa shape index (κ1) is 18.4. The van der Waals surface area contributed by atoms with E-state index in [1.54, 1.807) is 18.2 Å². The first-order valence-electron chi connectivity index (χ1n) is 9.20. The third kappa shape index (κ3) is 3.86. The Hall–Kier alpha value is -3.94. The molecule has 2 N–H and O–H groups in total. The standard InChI is InChI=1S/C21H19N5O3/c1-2-26-20(28)16-10-6-7-11-17(16)23-21(26)25-24-18(27)12-15-13-29-19(22-15)14-8-4-3-5-9-14/h3-11,13H,2,12H2,1H3,(H,23,25)(H,24,27). The molecule has 29 heavy (non-hydrogen) atoms. The molecule has 0 saturated carbocycles. The van der Waals surface area contributed by atoms with Gasteiger partial charge < -0.3 is 4.42 Å². The minimum Gasteiger partial charge on any atom is -0.444 e. The predicted octanol–water partition coefficient (Wildman–Crippen LogP) is 2.76. The van der Waals surface area contributed by atoms with Gasteiger partial charge in [0.15, 0.2) is 0 Å². The van der Waals surface area contributed by atoms with E-state index in [0.717, 1.165) is 5.56 Å². The zero-order valence-corrected chi connectivity index (χ0v) is 15.8. The Morgan fingerprint density at radius 1 is 1.07 bits per heavy atom. The summed E-state index contributed by atoms with van der Waals surface area (Å²) in [5.74, 6) is 0.398. The van der Waals surface area contributed by atoms with Gasteiger partial charge in [-0.05, 0) is 31.2 Å². The highest BCUT2D eigenvalue weighted by Gasteiger charge is 2.13. The molecule has 0 saturated heterocycles. The lowest BCUT2D eigenvalue weighted by Crippen LogP contribution is -2.35. The van der Waals surface area contributed by atoms with Crippen LogP contribution in [0.1, 0.15) is 12.6 Å². The van der Waals surface area contributed by atoms with Crippen molar-refractivity contribution in [2.75, 3.05) is 5.43 Å². The van der Waals surface area contributed by atoms with Crippen molar-refractivity contribution in [3.05, 3.63) is 76.9 Å². The fraction of sp³-hybridized carbons (Fsp3) is 0.143. The summed E-state index contributed by atoms with van der Waals surface area (Å²) in [6, 6.07) is 16.5. The van der Waals surface area contributed by atoms with Crippen LogP contribution < -0.4 is 16.4 Å². The Morgan fingerprint density at radius 3 is 2.62 bits per heavy atom. The lowest BCUT2D eigenvalue weighted by atomic mass is 10.2. The van der Waals surface area contributed by atoms with E-state index < -0.39 is 0 Å². The number of amides is 1. The maximum Gasteiger partial charge on any atom is 0.262 e. The quantitative estimate of drug-likeness (QED) is 0.492. The summed E-state index contributed by atoms with van der Waals surface area (Å²) in [6.45, 7) is 2.25. The van der Waals surface area contributed by atoms with Crippen molar-refractivity contribution in [1.82, 2.24) is 20.0 Å². The molecule has 8 heteroatoms. The Morgan fingerprint density at radius 2 is 1.83 bits per heavy atom. The average Bonchev–Trinajstić information content (AvgIpc) is 3.21. The average molecular weight is 389 g/mol. The summed E-state index contributed by atoms with van der Waals surface area (Å²) < 4.78 is 6.91. The van der Waals surface area contributed by atoms with Crippen LogP contribution in [0.25, 0.3) is 22.4 Å². The summed E-state index contributed by atoms with van der Waals surface area (Å²) in [5, 5.41) is 0.530. The molecule has 0 aliphatic rings. The normalized spacial score (nSPS) is 10.8. The highest BCUT2D eigenvalue weighted by Crippen LogP contribution is 2.18. The molecular formula is C21H19N5O3. The molecule has 146 valence electrons. The number of fused-ring (bicyclic) bond motifs is 1. The van der Waals surface area contributed by atoms with Crippen molar-refractivity contribution in [2.24, 2.45) is 0 Å². The van der Waals surface area contributed by atoms with Crippen LogP contribution in [0, 0.1) is 0 Å². The van der Waals surface area contributed by atoms with Crippen molar-refractivity contribution >= 4 is 22.8 Å². The first-order chi connectivity index (χ1) is 14.2. The fourth-order valence-electron chi connectivity index (χ4n) is 2.99. The van der Waals surface area contributed by atoms with Crippen molar-refractivity contribution in [1.29, 1.82) is 0 Å². The molecule has 4 rings (SSSR count). The minimum absolute atomic E-state index is 0.0211. The molecule has 2 heterocycles. The number of oxazole rings is 1. The number of aromatic nitrogens is 3. The molecule has 2 aromatic heterocycles. The third-order valence-corrected chi connectivity index (χ3v) is 4.41. The topological polar surface area (TPSA) is 102 Å². The highest BCUT2D eigenvalue weighted by atomic mass is 16.3. The zero-order chi connectivity index (χ0) is 20.2. The molecule has 4 aromatic rings. The van der Waals surface area contributed by atoms with E-state index in [1.165, 1.54) is 10.8 Å². The van der Waals surface area contributed by atoms with Crippen molar-refractivity contribution in [2.45, 2.75) is 19.9 Å². The summed E-state index contributed by atoms with van der Waals surface area (Å²) in [4.78, 5) is 33.7. The van der Waals surface area contributed by atoms with Crippen LogP contribution in [0.2, 0.25) is 0 Å². The molecule has 0 fully saturated rings. The van der Waals surface area contributed by atoms with Gasteiger partial charge in [0, 0.05) is 12.1 Å². The summed E-state index contributed by atoms with van der Waals surface area (Å²) >= 11 is 0. The van der Waals surface area contributed by atoms with Gasteiger partial charge in [-0.25, -0.2) is 9.97 Å². The maximum absolute atomic E-state index is 12.6. The number of para-hydroxylation sites is 1. The second kappa shape index (κ2) is 7.97. The number of rotatable bonds is 6. The smallest absolute Gasteiger partial charge is 0.262 e. The van der Waals surface area contributed by atoms with E-state index >= 15 is 0 Å². The van der Waals surface area contributed by atoms with Gasteiger partial charge in [-0.15, -0.1) is 0 Å². The molecule has 0 aliphatic heterocycles. The lowest BCUT2D eigenvalue weighted by Gasteiger charge is -2.13. The van der Waals surface area contributed by atoms with Gasteiger partial charge in [-0.2, -0.15) is 0 Å². The van der Waals surface area contributed by atoms with Gasteiger partial charge in [0.25, 0.3) is 5.56 Å². The van der Waals surface area contributed by atoms with Gasteiger partial charge in [-0.1, -0.05) is 30.3 Å².